The zero-order valence-corrected chi connectivity index (χ0v) is 8.83. The number of aliphatic hydroxyl groups is 2. The molecule has 1 heterocycles. The van der Waals surface area contributed by atoms with Gasteiger partial charge in [-0.25, -0.2) is 4.98 Å². The first-order valence-electron chi connectivity index (χ1n) is 4.39. The zero-order chi connectivity index (χ0) is 11.3. The number of aromatic nitrogens is 1. The Morgan fingerprint density at radius 1 is 1.73 bits per heavy atom. The maximum absolute atomic E-state index is 11.4. The largest absolute Gasteiger partial charge is 0.394 e. The van der Waals surface area contributed by atoms with E-state index < -0.39 is 6.10 Å². The van der Waals surface area contributed by atoms with Crippen molar-refractivity contribution in [3.8, 4) is 0 Å². The fourth-order valence-corrected chi connectivity index (χ4v) is 1.53. The number of amides is 1. The topological polar surface area (TPSA) is 108 Å². The third-order valence-corrected chi connectivity index (χ3v) is 2.54. The number of rotatable bonds is 5. The molecule has 0 aromatic carbocycles. The van der Waals surface area contributed by atoms with Gasteiger partial charge in [-0.2, -0.15) is 0 Å². The second kappa shape index (κ2) is 5.76. The van der Waals surface area contributed by atoms with Crippen molar-refractivity contribution in [3.63, 3.8) is 0 Å². The summed E-state index contributed by atoms with van der Waals surface area (Å²) in [6.45, 7) is -0.0760. The van der Waals surface area contributed by atoms with E-state index in [0.717, 1.165) is 0 Å². The molecule has 0 aliphatic carbocycles. The summed E-state index contributed by atoms with van der Waals surface area (Å²) in [6, 6.07) is 0. The Hall–Kier alpha value is -1.02. The number of nitrogens with two attached hydrogens (primary N) is 1. The molecule has 84 valence electrons. The highest BCUT2D eigenvalue weighted by atomic mass is 32.1. The minimum absolute atomic E-state index is 0.00478. The average Bonchev–Trinajstić information content (AvgIpc) is 2.73. The van der Waals surface area contributed by atoms with Gasteiger partial charge in [-0.05, 0) is 0 Å². The van der Waals surface area contributed by atoms with Gasteiger partial charge >= 0.3 is 0 Å². The molecule has 7 heteroatoms. The lowest BCUT2D eigenvalue weighted by Gasteiger charge is -2.07. The van der Waals surface area contributed by atoms with Crippen LogP contribution in [-0.4, -0.2) is 40.4 Å². The lowest BCUT2D eigenvalue weighted by atomic mass is 10.3. The zero-order valence-electron chi connectivity index (χ0n) is 8.01. The predicted molar refractivity (Wildman–Crippen MR) is 55.4 cm³/mol. The van der Waals surface area contributed by atoms with Crippen LogP contribution in [0.2, 0.25) is 0 Å². The summed E-state index contributed by atoms with van der Waals surface area (Å²) in [5.74, 6) is -0.376. The second-order valence-electron chi connectivity index (χ2n) is 2.88. The monoisotopic (exact) mass is 231 g/mol. The van der Waals surface area contributed by atoms with Gasteiger partial charge in [-0.15, -0.1) is 11.3 Å². The van der Waals surface area contributed by atoms with Gasteiger partial charge in [0.05, 0.1) is 12.7 Å². The van der Waals surface area contributed by atoms with E-state index in [-0.39, 0.29) is 24.8 Å². The van der Waals surface area contributed by atoms with Crippen LogP contribution < -0.4 is 11.1 Å². The molecule has 0 aliphatic heterocycles. The highest BCUT2D eigenvalue weighted by Gasteiger charge is 2.11. The second-order valence-corrected chi connectivity index (χ2v) is 3.82. The smallest absolute Gasteiger partial charge is 0.270 e. The van der Waals surface area contributed by atoms with Crippen molar-refractivity contribution in [2.75, 3.05) is 13.2 Å². The van der Waals surface area contributed by atoms with Gasteiger partial charge in [0.2, 0.25) is 0 Å². The SMILES string of the molecule is NCc1nc(C(=O)NCC(O)CO)cs1. The summed E-state index contributed by atoms with van der Waals surface area (Å²) >= 11 is 1.31. The van der Waals surface area contributed by atoms with E-state index >= 15 is 0 Å². The van der Waals surface area contributed by atoms with Crippen molar-refractivity contribution in [1.82, 2.24) is 10.3 Å². The first-order chi connectivity index (χ1) is 7.17. The van der Waals surface area contributed by atoms with Crippen LogP contribution in [0.5, 0.6) is 0 Å². The van der Waals surface area contributed by atoms with E-state index in [2.05, 4.69) is 10.3 Å². The Morgan fingerprint density at radius 3 is 3.00 bits per heavy atom. The highest BCUT2D eigenvalue weighted by molar-refractivity contribution is 7.09. The van der Waals surface area contributed by atoms with Crippen molar-refractivity contribution in [3.05, 3.63) is 16.1 Å². The number of nitrogens with one attached hydrogen (secondary N) is 1. The Kier molecular flexibility index (Phi) is 4.63. The molecule has 1 aromatic heterocycles. The van der Waals surface area contributed by atoms with E-state index in [1.54, 1.807) is 5.38 Å². The minimum atomic E-state index is -0.943. The quantitative estimate of drug-likeness (QED) is 0.503. The van der Waals surface area contributed by atoms with Gasteiger partial charge in [0.1, 0.15) is 10.7 Å². The van der Waals surface area contributed by atoms with Gasteiger partial charge < -0.3 is 21.3 Å². The lowest BCUT2D eigenvalue weighted by Crippen LogP contribution is -2.34. The Bertz CT molecular complexity index is 329. The molecule has 6 nitrogen and oxygen atoms in total. The first-order valence-corrected chi connectivity index (χ1v) is 5.27. The third kappa shape index (κ3) is 3.56. The molecule has 1 aromatic rings. The Morgan fingerprint density at radius 2 is 2.47 bits per heavy atom. The summed E-state index contributed by atoms with van der Waals surface area (Å²) in [7, 11) is 0. The molecular formula is C8H13N3O3S. The number of hydrogen-bond donors (Lipinski definition) is 4. The normalized spacial score (nSPS) is 12.5. The van der Waals surface area contributed by atoms with Gasteiger partial charge in [-0.1, -0.05) is 0 Å². The van der Waals surface area contributed by atoms with E-state index in [4.69, 9.17) is 15.9 Å². The third-order valence-electron chi connectivity index (χ3n) is 1.67. The van der Waals surface area contributed by atoms with Crippen LogP contribution in [0.4, 0.5) is 0 Å². The first kappa shape index (κ1) is 12.1. The maximum Gasteiger partial charge on any atom is 0.270 e. The van der Waals surface area contributed by atoms with E-state index in [1.165, 1.54) is 11.3 Å². The molecule has 1 rings (SSSR count). The van der Waals surface area contributed by atoms with Gasteiger partial charge in [-0.3, -0.25) is 4.79 Å². The molecule has 0 radical (unpaired) electrons. The standard InChI is InChI=1S/C8H13N3O3S/c9-1-7-11-6(4-15-7)8(14)10-2-5(13)3-12/h4-5,12-13H,1-3,9H2,(H,10,14). The van der Waals surface area contributed by atoms with Crippen molar-refractivity contribution >= 4 is 17.2 Å². The fourth-order valence-electron chi connectivity index (χ4n) is 0.875. The van der Waals surface area contributed by atoms with Crippen LogP contribution in [0, 0.1) is 0 Å². The van der Waals surface area contributed by atoms with Gasteiger partial charge in [0.15, 0.2) is 0 Å². The number of carbonyl (C=O) groups is 1. The number of aliphatic hydroxyl groups excluding tert-OH is 2. The molecule has 0 bridgehead atoms. The minimum Gasteiger partial charge on any atom is -0.394 e. The van der Waals surface area contributed by atoms with Crippen LogP contribution in [-0.2, 0) is 6.54 Å². The molecule has 0 spiro atoms. The van der Waals surface area contributed by atoms with Crippen molar-refractivity contribution in [1.29, 1.82) is 0 Å². The molecule has 0 saturated carbocycles. The highest BCUT2D eigenvalue weighted by Crippen LogP contribution is 2.08. The molecule has 1 atom stereocenters. The molecule has 1 unspecified atom stereocenters. The van der Waals surface area contributed by atoms with Crippen molar-refractivity contribution < 1.29 is 15.0 Å². The molecule has 5 N–H and O–H groups in total. The number of nitrogens with zero attached hydrogens (tertiary/aromatic N) is 1. The van der Waals surface area contributed by atoms with E-state index in [9.17, 15) is 4.79 Å². The van der Waals surface area contributed by atoms with E-state index in [1.807, 2.05) is 0 Å². The molecule has 15 heavy (non-hydrogen) atoms. The lowest BCUT2D eigenvalue weighted by molar-refractivity contribution is 0.0799. The van der Waals surface area contributed by atoms with Crippen LogP contribution >= 0.6 is 11.3 Å². The number of thiazole rings is 1. The summed E-state index contributed by atoms with van der Waals surface area (Å²) in [5.41, 5.74) is 5.63. The van der Waals surface area contributed by atoms with Crippen molar-refractivity contribution in [2.24, 2.45) is 5.73 Å². The average molecular weight is 231 g/mol. The Balaban J connectivity index is 2.46. The van der Waals surface area contributed by atoms with E-state index in [0.29, 0.717) is 11.6 Å². The maximum atomic E-state index is 11.4. The van der Waals surface area contributed by atoms with Gasteiger partial charge in [0, 0.05) is 18.5 Å². The van der Waals surface area contributed by atoms with Crippen LogP contribution in [0.25, 0.3) is 0 Å². The number of carbonyl (C=O) groups excluding carboxylic acids is 1. The summed E-state index contributed by atoms with van der Waals surface area (Å²) < 4.78 is 0. The van der Waals surface area contributed by atoms with Crippen LogP contribution in [0.3, 0.4) is 0 Å². The van der Waals surface area contributed by atoms with Crippen LogP contribution in [0.1, 0.15) is 15.5 Å². The summed E-state index contributed by atoms with van der Waals surface area (Å²) in [5, 5.41) is 22.3. The fraction of sp³-hybridized carbons (Fsp3) is 0.500. The molecule has 0 fully saturated rings. The van der Waals surface area contributed by atoms with Crippen molar-refractivity contribution in [2.45, 2.75) is 12.6 Å². The molecule has 1 amide bonds. The molecular weight excluding hydrogens is 218 g/mol. The van der Waals surface area contributed by atoms with Gasteiger partial charge in [0.25, 0.3) is 5.91 Å². The summed E-state index contributed by atoms with van der Waals surface area (Å²) in [6.07, 6.45) is -0.943. The summed E-state index contributed by atoms with van der Waals surface area (Å²) in [4.78, 5) is 15.4. The molecule has 0 aliphatic rings. The van der Waals surface area contributed by atoms with Crippen LogP contribution in [0.15, 0.2) is 5.38 Å². The molecule has 0 saturated heterocycles. The Labute approximate surface area is 90.8 Å². The number of hydrogen-bond acceptors (Lipinski definition) is 6. The predicted octanol–water partition coefficient (Wildman–Crippen LogP) is -1.32.